The number of nitrogens with zero attached hydrogens (tertiary/aromatic N) is 4. The Bertz CT molecular complexity index is 987. The van der Waals surface area contributed by atoms with Crippen molar-refractivity contribution in [2.24, 2.45) is 0 Å². The van der Waals surface area contributed by atoms with Crippen molar-refractivity contribution in [3.05, 3.63) is 72.1 Å². The average molecular weight is 300 g/mol. The van der Waals surface area contributed by atoms with Crippen LogP contribution in [-0.4, -0.2) is 19.7 Å². The maximum absolute atomic E-state index is 4.80. The minimum Gasteiger partial charge on any atom is -0.211 e. The highest BCUT2D eigenvalue weighted by atomic mass is 15.4. The van der Waals surface area contributed by atoms with Gasteiger partial charge in [0, 0.05) is 16.6 Å². The zero-order chi connectivity index (χ0) is 15.8. The van der Waals surface area contributed by atoms with Crippen molar-refractivity contribution in [3.8, 4) is 17.2 Å². The van der Waals surface area contributed by atoms with Crippen LogP contribution in [0.3, 0.4) is 0 Å². The lowest BCUT2D eigenvalue weighted by molar-refractivity contribution is 0.781. The van der Waals surface area contributed by atoms with Gasteiger partial charge in [0.2, 0.25) is 0 Å². The summed E-state index contributed by atoms with van der Waals surface area (Å²) in [5.41, 5.74) is 4.91. The van der Waals surface area contributed by atoms with Crippen LogP contribution < -0.4 is 0 Å². The molecule has 0 bridgehead atoms. The molecule has 2 aromatic carbocycles. The minimum absolute atomic E-state index is 0.605. The first kappa shape index (κ1) is 13.6. The molecule has 112 valence electrons. The molecule has 23 heavy (non-hydrogen) atoms. The lowest BCUT2D eigenvalue weighted by Crippen LogP contribution is -2.06. The predicted molar refractivity (Wildman–Crippen MR) is 91.6 cm³/mol. The zero-order valence-corrected chi connectivity index (χ0v) is 13.1. The van der Waals surface area contributed by atoms with Crippen LogP contribution in [0.2, 0.25) is 0 Å². The van der Waals surface area contributed by atoms with Gasteiger partial charge in [-0.15, -0.1) is 0 Å². The number of aryl methyl sites for hydroxylation is 2. The molecular formula is C19H16N4. The maximum atomic E-state index is 4.80. The van der Waals surface area contributed by atoms with Crippen LogP contribution in [0.4, 0.5) is 0 Å². The topological polar surface area (TPSA) is 43.6 Å². The van der Waals surface area contributed by atoms with Crippen LogP contribution in [-0.2, 0) is 0 Å². The van der Waals surface area contributed by atoms with Gasteiger partial charge in [0.1, 0.15) is 0 Å². The Hall–Kier alpha value is -3.01. The van der Waals surface area contributed by atoms with E-state index in [2.05, 4.69) is 23.3 Å². The van der Waals surface area contributed by atoms with Gasteiger partial charge < -0.3 is 0 Å². The van der Waals surface area contributed by atoms with E-state index in [1.807, 2.05) is 56.3 Å². The summed E-state index contributed by atoms with van der Waals surface area (Å²) in [5, 5.41) is 5.56. The molecule has 0 unspecified atom stereocenters. The second kappa shape index (κ2) is 5.32. The average Bonchev–Trinajstić information content (AvgIpc) is 2.93. The van der Waals surface area contributed by atoms with Gasteiger partial charge in [0.25, 0.3) is 5.95 Å². The van der Waals surface area contributed by atoms with E-state index < -0.39 is 0 Å². The number of aromatic nitrogens is 4. The third kappa shape index (κ3) is 2.38. The summed E-state index contributed by atoms with van der Waals surface area (Å²) in [4.78, 5) is 9.50. The minimum atomic E-state index is 0.605. The third-order valence-corrected chi connectivity index (χ3v) is 3.84. The van der Waals surface area contributed by atoms with Crippen LogP contribution in [0.1, 0.15) is 11.4 Å². The van der Waals surface area contributed by atoms with Crippen LogP contribution in [0.15, 0.2) is 60.7 Å². The van der Waals surface area contributed by atoms with Crippen LogP contribution in [0.5, 0.6) is 0 Å². The van der Waals surface area contributed by atoms with E-state index in [1.54, 1.807) is 4.68 Å². The molecule has 2 aromatic heterocycles. The van der Waals surface area contributed by atoms with Gasteiger partial charge >= 0.3 is 0 Å². The fourth-order valence-corrected chi connectivity index (χ4v) is 2.81. The van der Waals surface area contributed by atoms with Gasteiger partial charge in [-0.25, -0.2) is 14.6 Å². The van der Waals surface area contributed by atoms with Crippen LogP contribution in [0.25, 0.3) is 28.1 Å². The van der Waals surface area contributed by atoms with Crippen molar-refractivity contribution < 1.29 is 0 Å². The molecule has 0 aliphatic rings. The number of hydrogen-bond donors (Lipinski definition) is 0. The van der Waals surface area contributed by atoms with E-state index in [-0.39, 0.29) is 0 Å². The van der Waals surface area contributed by atoms with Gasteiger partial charge in [-0.1, -0.05) is 48.5 Å². The number of para-hydroxylation sites is 1. The summed E-state index contributed by atoms with van der Waals surface area (Å²) in [6.45, 7) is 3.99. The van der Waals surface area contributed by atoms with Gasteiger partial charge in [-0.3, -0.25) is 0 Å². The van der Waals surface area contributed by atoms with Crippen molar-refractivity contribution in [2.45, 2.75) is 13.8 Å². The normalized spacial score (nSPS) is 11.0. The molecule has 0 aliphatic heterocycles. The Kier molecular flexibility index (Phi) is 3.15. The molecule has 0 fully saturated rings. The summed E-state index contributed by atoms with van der Waals surface area (Å²) >= 11 is 0. The molecule has 0 amide bonds. The number of benzene rings is 2. The molecule has 4 aromatic rings. The second-order valence-electron chi connectivity index (χ2n) is 5.59. The van der Waals surface area contributed by atoms with E-state index in [0.717, 1.165) is 33.5 Å². The maximum Gasteiger partial charge on any atom is 0.251 e. The van der Waals surface area contributed by atoms with Crippen LogP contribution in [0, 0.1) is 13.8 Å². The van der Waals surface area contributed by atoms with E-state index in [4.69, 9.17) is 9.97 Å². The van der Waals surface area contributed by atoms with Crippen molar-refractivity contribution in [2.75, 3.05) is 0 Å². The van der Waals surface area contributed by atoms with Crippen molar-refractivity contribution in [3.63, 3.8) is 0 Å². The monoisotopic (exact) mass is 300 g/mol. The first-order chi connectivity index (χ1) is 11.2. The lowest BCUT2D eigenvalue weighted by atomic mass is 10.1. The van der Waals surface area contributed by atoms with E-state index in [9.17, 15) is 0 Å². The highest BCUT2D eigenvalue weighted by Crippen LogP contribution is 2.26. The molecular weight excluding hydrogens is 284 g/mol. The molecule has 0 atom stereocenters. The number of fused-ring (bicyclic) bond motifs is 1. The third-order valence-electron chi connectivity index (χ3n) is 3.84. The van der Waals surface area contributed by atoms with Gasteiger partial charge in [0.05, 0.1) is 16.9 Å². The SMILES string of the molecule is Cc1cc(C)n(-c2nc(-c3ccccc3)c3ccccc3n2)n1. The molecule has 0 aliphatic carbocycles. The second-order valence-corrected chi connectivity index (χ2v) is 5.59. The molecule has 4 heteroatoms. The standard InChI is InChI=1S/C19H16N4/c1-13-12-14(2)23(22-13)19-20-17-11-7-6-10-16(17)18(21-19)15-8-4-3-5-9-15/h3-12H,1-2H3. The largest absolute Gasteiger partial charge is 0.251 e. The van der Waals surface area contributed by atoms with E-state index in [0.29, 0.717) is 5.95 Å². The molecule has 0 spiro atoms. The zero-order valence-electron chi connectivity index (χ0n) is 13.1. The Balaban J connectivity index is 2.03. The molecule has 0 saturated heterocycles. The van der Waals surface area contributed by atoms with Gasteiger partial charge in [-0.2, -0.15) is 5.10 Å². The van der Waals surface area contributed by atoms with Crippen molar-refractivity contribution >= 4 is 10.9 Å². The van der Waals surface area contributed by atoms with Crippen LogP contribution >= 0.6 is 0 Å². The fraction of sp³-hybridized carbons (Fsp3) is 0.105. The van der Waals surface area contributed by atoms with Gasteiger partial charge in [0.15, 0.2) is 0 Å². The highest BCUT2D eigenvalue weighted by Gasteiger charge is 2.12. The highest BCUT2D eigenvalue weighted by molar-refractivity contribution is 5.92. The van der Waals surface area contributed by atoms with Gasteiger partial charge in [-0.05, 0) is 26.0 Å². The molecule has 0 saturated carbocycles. The first-order valence-electron chi connectivity index (χ1n) is 7.58. The Morgan fingerprint density at radius 2 is 1.57 bits per heavy atom. The number of rotatable bonds is 2. The smallest absolute Gasteiger partial charge is 0.211 e. The predicted octanol–water partition coefficient (Wildman–Crippen LogP) is 4.10. The molecule has 4 nitrogen and oxygen atoms in total. The number of hydrogen-bond acceptors (Lipinski definition) is 3. The summed E-state index contributed by atoms with van der Waals surface area (Å²) in [5.74, 6) is 0.605. The Morgan fingerprint density at radius 3 is 2.30 bits per heavy atom. The lowest BCUT2D eigenvalue weighted by Gasteiger charge is -2.09. The molecule has 0 radical (unpaired) electrons. The Morgan fingerprint density at radius 1 is 0.826 bits per heavy atom. The first-order valence-corrected chi connectivity index (χ1v) is 7.58. The molecule has 2 heterocycles. The van der Waals surface area contributed by atoms with Crippen molar-refractivity contribution in [1.29, 1.82) is 0 Å². The van der Waals surface area contributed by atoms with E-state index >= 15 is 0 Å². The summed E-state index contributed by atoms with van der Waals surface area (Å²) < 4.78 is 1.80. The fourth-order valence-electron chi connectivity index (χ4n) is 2.81. The molecule has 4 rings (SSSR count). The van der Waals surface area contributed by atoms with E-state index in [1.165, 1.54) is 0 Å². The quantitative estimate of drug-likeness (QED) is 0.560. The molecule has 0 N–H and O–H groups in total. The van der Waals surface area contributed by atoms with Crippen molar-refractivity contribution in [1.82, 2.24) is 19.7 Å². The Labute approximate surface area is 134 Å². The summed E-state index contributed by atoms with van der Waals surface area (Å²) in [6, 6.07) is 20.3. The summed E-state index contributed by atoms with van der Waals surface area (Å²) in [6.07, 6.45) is 0. The summed E-state index contributed by atoms with van der Waals surface area (Å²) in [7, 11) is 0.